The Balaban J connectivity index is 1.25. The first kappa shape index (κ1) is 37.0. The molecule has 3 rings (SSSR count). The maximum absolute atomic E-state index is 12.7. The summed E-state index contributed by atoms with van der Waals surface area (Å²) in [5.41, 5.74) is 3.17. The van der Waals surface area contributed by atoms with Crippen molar-refractivity contribution in [2.75, 3.05) is 12.1 Å². The van der Waals surface area contributed by atoms with E-state index in [2.05, 4.69) is 21.9 Å². The van der Waals surface area contributed by atoms with Crippen LogP contribution in [0.2, 0.25) is 0 Å². The lowest BCUT2D eigenvalue weighted by molar-refractivity contribution is 0.0707. The lowest BCUT2D eigenvalue weighted by atomic mass is 10.0. The zero-order valence-electron chi connectivity index (χ0n) is 27.0. The summed E-state index contributed by atoms with van der Waals surface area (Å²) in [5, 5.41) is 0. The van der Waals surface area contributed by atoms with Gasteiger partial charge in [-0.15, -0.1) is 0 Å². The molecule has 0 bridgehead atoms. The van der Waals surface area contributed by atoms with Crippen molar-refractivity contribution in [1.82, 2.24) is 19.5 Å². The minimum Gasteiger partial charge on any atom is -0.364 e. The lowest BCUT2D eigenvalue weighted by Crippen LogP contribution is -2.17. The first-order valence-corrected chi connectivity index (χ1v) is 20.6. The monoisotopic (exact) mass is 664 g/mol. The molecule has 1 N–H and O–H groups in total. The van der Waals surface area contributed by atoms with Crippen LogP contribution < -0.4 is 0 Å². The Hall–Kier alpha value is -1.42. The van der Waals surface area contributed by atoms with Crippen molar-refractivity contribution in [3.8, 4) is 0 Å². The van der Waals surface area contributed by atoms with Gasteiger partial charge < -0.3 is 18.7 Å². The third-order valence-corrected chi connectivity index (χ3v) is 11.2. The van der Waals surface area contributed by atoms with Gasteiger partial charge in [-0.2, -0.15) is 0 Å². The van der Waals surface area contributed by atoms with Gasteiger partial charge in [0.05, 0.1) is 31.3 Å². The molecular weight excluding hydrogens is 611 g/mol. The van der Waals surface area contributed by atoms with Crippen LogP contribution in [0.15, 0.2) is 41.8 Å². The maximum Gasteiger partial charge on any atom is 0.353 e. The largest absolute Gasteiger partial charge is 0.364 e. The van der Waals surface area contributed by atoms with Crippen LogP contribution in [0, 0.1) is 6.92 Å². The molecule has 0 radical (unpaired) electrons. The van der Waals surface area contributed by atoms with Gasteiger partial charge in [0.25, 0.3) is 0 Å². The molecule has 2 unspecified atom stereocenters. The first-order valence-electron chi connectivity index (χ1n) is 16.5. The van der Waals surface area contributed by atoms with Crippen molar-refractivity contribution in [2.24, 2.45) is 0 Å². The smallest absolute Gasteiger partial charge is 0.353 e. The van der Waals surface area contributed by atoms with Crippen molar-refractivity contribution >= 4 is 40.3 Å². The summed E-state index contributed by atoms with van der Waals surface area (Å²) >= 11 is 0. The maximum atomic E-state index is 12.7. The molecule has 1 aromatic carbocycles. The predicted octanol–water partition coefficient (Wildman–Crippen LogP) is 10.1. The van der Waals surface area contributed by atoms with Crippen LogP contribution >= 0.6 is 29.2 Å². The molecule has 0 fully saturated rings. The van der Waals surface area contributed by atoms with Crippen molar-refractivity contribution < 1.29 is 18.7 Å². The van der Waals surface area contributed by atoms with Crippen LogP contribution in [-0.2, 0) is 27.0 Å². The third-order valence-electron chi connectivity index (χ3n) is 7.68. The Morgan fingerprint density at radius 1 is 0.909 bits per heavy atom. The molecule has 3 aromatic rings. The molecule has 0 saturated heterocycles. The molecule has 0 aliphatic carbocycles. The highest BCUT2D eigenvalue weighted by Crippen LogP contribution is 2.44. The first-order chi connectivity index (χ1) is 21.4. The van der Waals surface area contributed by atoms with Crippen LogP contribution in [0.3, 0.4) is 0 Å². The zero-order chi connectivity index (χ0) is 31.5. The molecule has 2 heterocycles. The van der Waals surface area contributed by atoms with Gasteiger partial charge in [-0.1, -0.05) is 130 Å². The lowest BCUT2D eigenvalue weighted by Gasteiger charge is -2.18. The Bertz CT molecular complexity index is 1260. The fraction of sp³-hybridized carbons (Fsp3) is 0.667. The summed E-state index contributed by atoms with van der Waals surface area (Å²) in [5.74, 6) is 1.10. The number of imidazole rings is 1. The van der Waals surface area contributed by atoms with Gasteiger partial charge >= 0.3 is 7.60 Å². The molecule has 0 spiro atoms. The molecule has 2 atom stereocenters. The second-order valence-corrected chi connectivity index (χ2v) is 15.9. The standard InChI is InChI=1S/C33H53N4O4PS2/c1-4-5-6-7-8-9-10-11-12-13-14-15-16-19-22-43-44-31-21-18-17-20-30(31)24-41-42(38,39)27-40-28(2)23-37-26-36-32-29(3)34-25-35-33(32)37/h17-18,20-21,25-26,28H,4-16,19,22-24,27H2,1-3H3,(H,38,39). The Morgan fingerprint density at radius 3 is 2.23 bits per heavy atom. The molecule has 246 valence electrons. The second-order valence-electron chi connectivity index (χ2n) is 11.7. The molecule has 0 saturated carbocycles. The SMILES string of the molecule is CCCCCCCCCCCCCCCCSSc1ccccc1COP(=O)(O)COC(C)Cn1cnc2c(C)ncnc21. The van der Waals surface area contributed by atoms with Crippen molar-refractivity contribution in [2.45, 2.75) is 135 Å². The number of hydrogen-bond acceptors (Lipinski definition) is 8. The van der Waals surface area contributed by atoms with E-state index in [-0.39, 0.29) is 19.1 Å². The van der Waals surface area contributed by atoms with E-state index in [4.69, 9.17) is 9.26 Å². The second kappa shape index (κ2) is 21.4. The number of fused-ring (bicyclic) bond motifs is 1. The average molecular weight is 665 g/mol. The van der Waals surface area contributed by atoms with Gasteiger partial charge in [-0.3, -0.25) is 4.57 Å². The Labute approximate surface area is 272 Å². The molecular formula is C33H53N4O4PS2. The van der Waals surface area contributed by atoms with E-state index in [1.807, 2.05) is 53.5 Å². The van der Waals surface area contributed by atoms with Gasteiger partial charge in [0.1, 0.15) is 18.2 Å². The van der Waals surface area contributed by atoms with Crippen LogP contribution in [0.25, 0.3) is 11.2 Å². The Morgan fingerprint density at radius 2 is 1.55 bits per heavy atom. The van der Waals surface area contributed by atoms with Gasteiger partial charge in [-0.05, 0) is 31.9 Å². The molecule has 0 amide bonds. The fourth-order valence-electron chi connectivity index (χ4n) is 5.06. The van der Waals surface area contributed by atoms with E-state index in [1.54, 1.807) is 17.1 Å². The van der Waals surface area contributed by atoms with Crippen molar-refractivity contribution in [3.05, 3.63) is 48.2 Å². The summed E-state index contributed by atoms with van der Waals surface area (Å²) < 4.78 is 25.8. The van der Waals surface area contributed by atoms with Gasteiger partial charge in [0, 0.05) is 10.6 Å². The normalized spacial score (nSPS) is 13.8. The number of aryl methyl sites for hydroxylation is 1. The van der Waals surface area contributed by atoms with E-state index in [9.17, 15) is 9.46 Å². The van der Waals surface area contributed by atoms with Crippen LogP contribution in [0.4, 0.5) is 0 Å². The van der Waals surface area contributed by atoms with Crippen molar-refractivity contribution in [3.63, 3.8) is 0 Å². The Kier molecular flexibility index (Phi) is 18.0. The van der Waals surface area contributed by atoms with E-state index in [0.29, 0.717) is 12.2 Å². The van der Waals surface area contributed by atoms with E-state index < -0.39 is 7.60 Å². The number of ether oxygens (including phenoxy) is 1. The van der Waals surface area contributed by atoms with Crippen LogP contribution in [-0.4, -0.2) is 42.6 Å². The highest BCUT2D eigenvalue weighted by Gasteiger charge is 2.22. The summed E-state index contributed by atoms with van der Waals surface area (Å²) in [7, 11) is -0.366. The van der Waals surface area contributed by atoms with Crippen molar-refractivity contribution in [1.29, 1.82) is 0 Å². The number of nitrogens with zero attached hydrogens (tertiary/aromatic N) is 4. The molecule has 0 aliphatic rings. The summed E-state index contributed by atoms with van der Waals surface area (Å²) in [6.07, 6.45) is 21.7. The van der Waals surface area contributed by atoms with Crippen LogP contribution in [0.1, 0.15) is 115 Å². The van der Waals surface area contributed by atoms with Gasteiger partial charge in [0.15, 0.2) is 5.65 Å². The summed E-state index contributed by atoms with van der Waals surface area (Å²) in [6, 6.07) is 7.92. The fourth-order valence-corrected chi connectivity index (χ4v) is 8.29. The van der Waals surface area contributed by atoms with E-state index in [1.165, 1.54) is 96.2 Å². The minimum absolute atomic E-state index is 0.0659. The highest BCUT2D eigenvalue weighted by molar-refractivity contribution is 8.76. The molecule has 8 nitrogen and oxygen atoms in total. The van der Waals surface area contributed by atoms with Crippen LogP contribution in [0.5, 0.6) is 0 Å². The highest BCUT2D eigenvalue weighted by atomic mass is 33.1. The summed E-state index contributed by atoms with van der Waals surface area (Å²) in [6.45, 7) is 6.53. The number of hydrogen-bond donors (Lipinski definition) is 1. The number of benzene rings is 1. The molecule has 11 heteroatoms. The number of rotatable bonds is 25. The summed E-state index contributed by atoms with van der Waals surface area (Å²) in [4.78, 5) is 24.3. The topological polar surface area (TPSA) is 99.4 Å². The average Bonchev–Trinajstić information content (AvgIpc) is 3.43. The minimum atomic E-state index is -3.93. The predicted molar refractivity (Wildman–Crippen MR) is 185 cm³/mol. The quantitative estimate of drug-likeness (QED) is 0.0539. The number of unbranched alkanes of at least 4 members (excludes halogenated alkanes) is 13. The zero-order valence-corrected chi connectivity index (χ0v) is 29.5. The molecule has 0 aliphatic heterocycles. The van der Waals surface area contributed by atoms with E-state index in [0.717, 1.165) is 27.4 Å². The number of aromatic nitrogens is 4. The van der Waals surface area contributed by atoms with Gasteiger partial charge in [-0.25, -0.2) is 15.0 Å². The van der Waals surface area contributed by atoms with E-state index >= 15 is 0 Å². The molecule has 2 aromatic heterocycles. The van der Waals surface area contributed by atoms with Gasteiger partial charge in [0.2, 0.25) is 0 Å². The third kappa shape index (κ3) is 14.3. The molecule has 44 heavy (non-hydrogen) atoms.